The first-order chi connectivity index (χ1) is 13.2. The van der Waals surface area contributed by atoms with E-state index in [9.17, 15) is 9.59 Å². The minimum absolute atomic E-state index is 0.197. The third-order valence-electron chi connectivity index (χ3n) is 5.16. The Labute approximate surface area is 155 Å². The predicted molar refractivity (Wildman–Crippen MR) is 100 cm³/mol. The number of carbonyl (C=O) groups excluding carboxylic acids is 2. The lowest BCUT2D eigenvalue weighted by atomic mass is 10.2. The normalized spacial score (nSPS) is 21.7. The van der Waals surface area contributed by atoms with Crippen molar-refractivity contribution in [2.45, 2.75) is 50.6 Å². The fourth-order valence-corrected chi connectivity index (χ4v) is 3.61. The molecule has 9 heteroatoms. The molecule has 2 aliphatic carbocycles. The van der Waals surface area contributed by atoms with E-state index in [0.29, 0.717) is 23.3 Å². The standard InChI is InChI=1S/C18H21N7O2/c26-17-13(22-18(27)24-17)7-10-9-19-25-15(21-12-5-6-12)8-14(23-16(10)25)20-11-3-1-2-4-11/h7-9,11-12,21H,1-6H2,(H,20,23)(H2,22,24,26,27)/b13-7+. The first kappa shape index (κ1) is 16.1. The van der Waals surface area contributed by atoms with Crippen LogP contribution in [0.25, 0.3) is 11.7 Å². The van der Waals surface area contributed by atoms with E-state index in [-0.39, 0.29) is 5.70 Å². The lowest BCUT2D eigenvalue weighted by Crippen LogP contribution is -2.22. The number of hydrogen-bond donors (Lipinski definition) is 4. The zero-order valence-electron chi connectivity index (χ0n) is 14.8. The Balaban J connectivity index is 1.54. The number of nitrogens with one attached hydrogen (secondary N) is 4. The summed E-state index contributed by atoms with van der Waals surface area (Å²) in [6.45, 7) is 0. The molecule has 0 spiro atoms. The Morgan fingerprint density at radius 1 is 1.07 bits per heavy atom. The number of urea groups is 1. The summed E-state index contributed by atoms with van der Waals surface area (Å²) in [5, 5.41) is 16.2. The lowest BCUT2D eigenvalue weighted by Gasteiger charge is -2.15. The van der Waals surface area contributed by atoms with Gasteiger partial charge in [0.15, 0.2) is 5.65 Å². The van der Waals surface area contributed by atoms with E-state index in [4.69, 9.17) is 4.98 Å². The number of hydrogen-bond acceptors (Lipinski definition) is 6. The molecule has 3 fully saturated rings. The molecule has 5 rings (SSSR count). The van der Waals surface area contributed by atoms with Gasteiger partial charge in [0.2, 0.25) is 0 Å². The Hall–Kier alpha value is -3.10. The number of rotatable bonds is 5. The van der Waals surface area contributed by atoms with E-state index < -0.39 is 11.9 Å². The molecule has 0 atom stereocenters. The van der Waals surface area contributed by atoms with E-state index in [0.717, 1.165) is 37.3 Å². The summed E-state index contributed by atoms with van der Waals surface area (Å²) >= 11 is 0. The first-order valence-electron chi connectivity index (χ1n) is 9.41. The molecule has 2 aromatic heterocycles. The van der Waals surface area contributed by atoms with Gasteiger partial charge in [0.1, 0.15) is 17.3 Å². The van der Waals surface area contributed by atoms with Crippen molar-refractivity contribution in [3.05, 3.63) is 23.5 Å². The van der Waals surface area contributed by atoms with E-state index >= 15 is 0 Å². The number of anilines is 2. The quantitative estimate of drug-likeness (QED) is 0.474. The van der Waals surface area contributed by atoms with Crippen molar-refractivity contribution in [2.24, 2.45) is 0 Å². The smallest absolute Gasteiger partial charge is 0.326 e. The molecule has 2 aromatic rings. The highest BCUT2D eigenvalue weighted by Gasteiger charge is 2.25. The van der Waals surface area contributed by atoms with Crippen LogP contribution in [0.15, 0.2) is 18.0 Å². The molecule has 140 valence electrons. The highest BCUT2D eigenvalue weighted by molar-refractivity contribution is 6.14. The molecule has 3 aliphatic rings. The van der Waals surface area contributed by atoms with Crippen LogP contribution in [0.4, 0.5) is 16.4 Å². The van der Waals surface area contributed by atoms with Gasteiger partial charge < -0.3 is 16.0 Å². The Morgan fingerprint density at radius 3 is 2.56 bits per heavy atom. The van der Waals surface area contributed by atoms with Crippen LogP contribution >= 0.6 is 0 Å². The van der Waals surface area contributed by atoms with Crippen molar-refractivity contribution in [1.82, 2.24) is 25.2 Å². The number of nitrogens with zero attached hydrogens (tertiary/aromatic N) is 3. The molecule has 4 N–H and O–H groups in total. The third-order valence-corrected chi connectivity index (χ3v) is 5.16. The zero-order valence-corrected chi connectivity index (χ0v) is 14.8. The fourth-order valence-electron chi connectivity index (χ4n) is 3.61. The Morgan fingerprint density at radius 2 is 1.85 bits per heavy atom. The highest BCUT2D eigenvalue weighted by Crippen LogP contribution is 2.29. The fraction of sp³-hybridized carbons (Fsp3) is 0.444. The lowest BCUT2D eigenvalue weighted by molar-refractivity contribution is -0.115. The molecule has 1 saturated heterocycles. The maximum atomic E-state index is 11.8. The van der Waals surface area contributed by atoms with Crippen molar-refractivity contribution < 1.29 is 9.59 Å². The molecule has 0 unspecified atom stereocenters. The van der Waals surface area contributed by atoms with E-state index in [1.165, 1.54) is 12.8 Å². The summed E-state index contributed by atoms with van der Waals surface area (Å²) in [4.78, 5) is 27.9. The minimum atomic E-state index is -0.518. The van der Waals surface area contributed by atoms with Gasteiger partial charge in [-0.05, 0) is 31.8 Å². The van der Waals surface area contributed by atoms with Crippen LogP contribution < -0.4 is 21.3 Å². The maximum absolute atomic E-state index is 11.8. The number of carbonyl (C=O) groups is 2. The average Bonchev–Trinajstić information content (AvgIpc) is 3.01. The molecule has 0 bridgehead atoms. The van der Waals surface area contributed by atoms with Crippen LogP contribution in [0, 0.1) is 0 Å². The summed E-state index contributed by atoms with van der Waals surface area (Å²) < 4.78 is 1.75. The van der Waals surface area contributed by atoms with Crippen molar-refractivity contribution in [1.29, 1.82) is 0 Å². The van der Waals surface area contributed by atoms with Gasteiger partial charge in [-0.2, -0.15) is 9.61 Å². The second-order valence-electron chi connectivity index (χ2n) is 7.37. The van der Waals surface area contributed by atoms with Gasteiger partial charge >= 0.3 is 6.03 Å². The number of aromatic nitrogens is 3. The van der Waals surface area contributed by atoms with Crippen LogP contribution in [-0.2, 0) is 4.79 Å². The second kappa shape index (κ2) is 6.26. The van der Waals surface area contributed by atoms with Gasteiger partial charge in [0.05, 0.1) is 6.20 Å². The zero-order chi connectivity index (χ0) is 18.4. The molecule has 9 nitrogen and oxygen atoms in total. The molecular formula is C18H21N7O2. The van der Waals surface area contributed by atoms with Crippen molar-refractivity contribution >= 4 is 35.3 Å². The number of imide groups is 1. The molecule has 27 heavy (non-hydrogen) atoms. The van der Waals surface area contributed by atoms with Gasteiger partial charge in [0.25, 0.3) is 5.91 Å². The average molecular weight is 367 g/mol. The number of fused-ring (bicyclic) bond motifs is 1. The van der Waals surface area contributed by atoms with Crippen LogP contribution in [0.1, 0.15) is 44.1 Å². The van der Waals surface area contributed by atoms with Crippen LogP contribution in [0.2, 0.25) is 0 Å². The summed E-state index contributed by atoms with van der Waals surface area (Å²) in [6, 6.07) is 2.40. The Bertz CT molecular complexity index is 954. The van der Waals surface area contributed by atoms with Crippen molar-refractivity contribution in [3.63, 3.8) is 0 Å². The first-order valence-corrected chi connectivity index (χ1v) is 9.41. The topological polar surface area (TPSA) is 112 Å². The Kier molecular flexibility index (Phi) is 3.73. The van der Waals surface area contributed by atoms with E-state index in [1.807, 2.05) is 6.07 Å². The van der Waals surface area contributed by atoms with Gasteiger partial charge in [0, 0.05) is 23.7 Å². The van der Waals surface area contributed by atoms with E-state index in [1.54, 1.807) is 16.8 Å². The van der Waals surface area contributed by atoms with Gasteiger partial charge in [-0.1, -0.05) is 12.8 Å². The molecule has 2 saturated carbocycles. The van der Waals surface area contributed by atoms with Gasteiger partial charge in [-0.25, -0.2) is 9.78 Å². The summed E-state index contributed by atoms with van der Waals surface area (Å²) in [6.07, 6.45) is 10.4. The third kappa shape index (κ3) is 3.20. The van der Waals surface area contributed by atoms with Crippen LogP contribution in [-0.4, -0.2) is 38.6 Å². The largest absolute Gasteiger partial charge is 0.367 e. The highest BCUT2D eigenvalue weighted by atomic mass is 16.2. The van der Waals surface area contributed by atoms with Gasteiger partial charge in [-0.3, -0.25) is 10.1 Å². The molecule has 3 heterocycles. The second-order valence-corrected chi connectivity index (χ2v) is 7.37. The predicted octanol–water partition coefficient (Wildman–Crippen LogP) is 1.84. The summed E-state index contributed by atoms with van der Waals surface area (Å²) in [5.74, 6) is 1.24. The van der Waals surface area contributed by atoms with E-state index in [2.05, 4.69) is 26.4 Å². The van der Waals surface area contributed by atoms with Crippen LogP contribution in [0.5, 0.6) is 0 Å². The molecule has 0 aromatic carbocycles. The molecule has 1 aliphatic heterocycles. The van der Waals surface area contributed by atoms with Crippen molar-refractivity contribution in [3.8, 4) is 0 Å². The summed E-state index contributed by atoms with van der Waals surface area (Å²) in [5.41, 5.74) is 1.52. The SMILES string of the molecule is O=C1NC(=O)/C(=C\c2cnn3c(NC4CC4)cc(NC4CCCC4)nc23)N1. The minimum Gasteiger partial charge on any atom is -0.367 e. The molecule has 3 amide bonds. The maximum Gasteiger partial charge on any atom is 0.326 e. The van der Waals surface area contributed by atoms with Crippen LogP contribution in [0.3, 0.4) is 0 Å². The summed E-state index contributed by atoms with van der Waals surface area (Å²) in [7, 11) is 0. The molecule has 0 radical (unpaired) electrons. The number of amides is 3. The van der Waals surface area contributed by atoms with Gasteiger partial charge in [-0.15, -0.1) is 0 Å². The van der Waals surface area contributed by atoms with Crippen molar-refractivity contribution in [2.75, 3.05) is 10.6 Å². The molecular weight excluding hydrogens is 346 g/mol. The monoisotopic (exact) mass is 367 g/mol.